The zero-order valence-electron chi connectivity index (χ0n) is 18.8. The summed E-state index contributed by atoms with van der Waals surface area (Å²) in [7, 11) is 0. The van der Waals surface area contributed by atoms with Gasteiger partial charge in [-0.1, -0.05) is 0 Å². The van der Waals surface area contributed by atoms with Crippen LogP contribution in [0.5, 0.6) is 0 Å². The number of β-lactam (4-membered cyclic amide) rings is 1. The molecule has 4 heterocycles. The van der Waals surface area contributed by atoms with Gasteiger partial charge in [0, 0.05) is 23.6 Å². The monoisotopic (exact) mass is 444 g/mol. The van der Waals surface area contributed by atoms with E-state index < -0.39 is 5.79 Å². The van der Waals surface area contributed by atoms with Gasteiger partial charge in [-0.25, -0.2) is 14.1 Å². The van der Waals surface area contributed by atoms with Gasteiger partial charge in [-0.05, 0) is 74.9 Å². The molecule has 33 heavy (non-hydrogen) atoms. The van der Waals surface area contributed by atoms with Crippen molar-refractivity contribution in [1.29, 1.82) is 0 Å². The molecule has 6 rings (SSSR count). The van der Waals surface area contributed by atoms with Crippen LogP contribution in [-0.4, -0.2) is 30.6 Å². The predicted octanol–water partition coefficient (Wildman–Crippen LogP) is 4.91. The number of halogens is 1. The molecule has 1 unspecified atom stereocenters. The van der Waals surface area contributed by atoms with Crippen LogP contribution in [0, 0.1) is 18.8 Å². The summed E-state index contributed by atoms with van der Waals surface area (Å²) in [5, 5.41) is 4.14. The number of aromatic amines is 1. The Bertz CT molecular complexity index is 1380. The smallest absolute Gasteiger partial charge is 0.233 e. The van der Waals surface area contributed by atoms with Crippen LogP contribution in [0.15, 0.2) is 49.2 Å². The van der Waals surface area contributed by atoms with E-state index >= 15 is 0 Å². The quantitative estimate of drug-likeness (QED) is 0.444. The normalized spacial score (nSPS) is 21.0. The van der Waals surface area contributed by atoms with Gasteiger partial charge in [0.1, 0.15) is 0 Å². The Kier molecular flexibility index (Phi) is 4.24. The lowest BCUT2D eigenvalue weighted by Crippen LogP contribution is -2.56. The number of pyridine rings is 1. The third kappa shape index (κ3) is 3.23. The van der Waals surface area contributed by atoms with Gasteiger partial charge in [0.15, 0.2) is 5.79 Å². The second-order valence-corrected chi connectivity index (χ2v) is 9.63. The number of benzene rings is 1. The van der Waals surface area contributed by atoms with Gasteiger partial charge in [0.2, 0.25) is 5.91 Å². The van der Waals surface area contributed by atoms with Gasteiger partial charge in [0.25, 0.3) is 0 Å². The first-order valence-electron chi connectivity index (χ1n) is 11.3. The van der Waals surface area contributed by atoms with Crippen LogP contribution < -0.4 is 4.90 Å². The maximum absolute atomic E-state index is 14.2. The highest BCUT2D eigenvalue weighted by Gasteiger charge is 2.55. The molecule has 2 atom stereocenters. The van der Waals surface area contributed by atoms with E-state index in [4.69, 9.17) is 0 Å². The Labute approximate surface area is 190 Å². The number of carbonyl (C=O) groups excluding carboxylic acids is 1. The number of hydrogen-bond donors (Lipinski definition) is 1. The minimum Gasteiger partial charge on any atom is -0.345 e. The minimum atomic E-state index is -1.58. The maximum Gasteiger partial charge on any atom is 0.233 e. The van der Waals surface area contributed by atoms with Gasteiger partial charge in [-0.2, -0.15) is 5.10 Å². The van der Waals surface area contributed by atoms with E-state index in [1.165, 1.54) is 18.5 Å². The van der Waals surface area contributed by atoms with Crippen molar-refractivity contribution in [3.05, 3.63) is 60.3 Å². The number of aryl methyl sites for hydroxylation is 1. The van der Waals surface area contributed by atoms with Crippen molar-refractivity contribution in [2.24, 2.45) is 11.8 Å². The van der Waals surface area contributed by atoms with Crippen molar-refractivity contribution in [2.75, 3.05) is 4.90 Å². The molecule has 4 aromatic rings. The third-order valence-corrected chi connectivity index (χ3v) is 6.85. The van der Waals surface area contributed by atoms with Crippen LogP contribution in [0.4, 0.5) is 10.1 Å². The van der Waals surface area contributed by atoms with Crippen LogP contribution in [-0.2, 0) is 10.6 Å². The van der Waals surface area contributed by atoms with Gasteiger partial charge in [-0.3, -0.25) is 9.78 Å². The van der Waals surface area contributed by atoms with Crippen LogP contribution in [0.3, 0.4) is 0 Å². The SMILES string of the molecule is Cc1cc(-c2cnn(C(C)(C)F)c2)ncc1[C@H]1C(C2CC2)C(=O)N1c1ccc2nc[nH]c2c1. The van der Waals surface area contributed by atoms with Crippen LogP contribution in [0.25, 0.3) is 22.3 Å². The van der Waals surface area contributed by atoms with Gasteiger partial charge in [-0.15, -0.1) is 0 Å². The van der Waals surface area contributed by atoms with Crippen LogP contribution in [0.2, 0.25) is 0 Å². The van der Waals surface area contributed by atoms with Crippen molar-refractivity contribution in [2.45, 2.75) is 45.4 Å². The number of nitrogens with zero attached hydrogens (tertiary/aromatic N) is 5. The molecule has 1 saturated carbocycles. The highest BCUT2D eigenvalue weighted by molar-refractivity contribution is 6.04. The van der Waals surface area contributed by atoms with Crippen LogP contribution >= 0.6 is 0 Å². The molecule has 1 aliphatic heterocycles. The maximum atomic E-state index is 14.2. The molecule has 2 aliphatic rings. The molecule has 0 bridgehead atoms. The standard InChI is InChI=1S/C25H25FN6O/c1-14-8-20(16-10-30-31(12-16)25(2,3)26)27-11-18(14)23-22(15-4-5-15)24(33)32(23)17-6-7-19-21(9-17)29-13-28-19/h6-13,15,22-23H,4-5H2,1-3H3,(H,28,29)/t22?,23-/m0/s1. The van der Waals surface area contributed by atoms with Crippen molar-refractivity contribution in [1.82, 2.24) is 24.7 Å². The molecule has 0 spiro atoms. The van der Waals surface area contributed by atoms with Gasteiger partial charge in [0.05, 0.1) is 41.2 Å². The number of anilines is 1. The van der Waals surface area contributed by atoms with E-state index in [0.717, 1.165) is 51.9 Å². The summed E-state index contributed by atoms with van der Waals surface area (Å²) in [4.78, 5) is 27.2. The molecule has 7 nitrogen and oxygen atoms in total. The van der Waals surface area contributed by atoms with E-state index in [0.29, 0.717) is 5.92 Å². The molecule has 168 valence electrons. The van der Waals surface area contributed by atoms with Gasteiger partial charge >= 0.3 is 0 Å². The topological polar surface area (TPSA) is 79.7 Å². The second kappa shape index (κ2) is 6.97. The fourth-order valence-corrected chi connectivity index (χ4v) is 4.90. The summed E-state index contributed by atoms with van der Waals surface area (Å²) >= 11 is 0. The zero-order chi connectivity index (χ0) is 22.9. The molecule has 8 heteroatoms. The Morgan fingerprint density at radius 1 is 1.15 bits per heavy atom. The van der Waals surface area contributed by atoms with E-state index in [1.807, 2.05) is 42.3 Å². The molecule has 2 fully saturated rings. The predicted molar refractivity (Wildman–Crippen MR) is 123 cm³/mol. The number of fused-ring (bicyclic) bond motifs is 1. The molecule has 3 aromatic heterocycles. The lowest BCUT2D eigenvalue weighted by Gasteiger charge is -2.48. The first kappa shape index (κ1) is 20.1. The number of H-pyrrole nitrogens is 1. The van der Waals surface area contributed by atoms with E-state index in [2.05, 4.69) is 20.1 Å². The summed E-state index contributed by atoms with van der Waals surface area (Å²) in [5.74, 6) is -0.966. The average Bonchev–Trinajstić information content (AvgIpc) is 3.25. The first-order valence-corrected chi connectivity index (χ1v) is 11.3. The zero-order valence-corrected chi connectivity index (χ0v) is 18.8. The summed E-state index contributed by atoms with van der Waals surface area (Å²) in [6.07, 6.45) is 9.04. The molecule has 1 N–H and O–H groups in total. The highest BCUT2D eigenvalue weighted by atomic mass is 19.1. The average molecular weight is 445 g/mol. The molecular weight excluding hydrogens is 419 g/mol. The van der Waals surface area contributed by atoms with E-state index in [9.17, 15) is 9.18 Å². The van der Waals surface area contributed by atoms with E-state index in [-0.39, 0.29) is 17.9 Å². The van der Waals surface area contributed by atoms with Crippen molar-refractivity contribution >= 4 is 22.6 Å². The minimum absolute atomic E-state index is 0.0103. The molecular formula is C25H25FN6O. The van der Waals surface area contributed by atoms with Crippen LogP contribution in [0.1, 0.15) is 43.9 Å². The van der Waals surface area contributed by atoms with Crippen molar-refractivity contribution in [3.63, 3.8) is 0 Å². The summed E-state index contributed by atoms with van der Waals surface area (Å²) in [5.41, 5.74) is 6.27. The number of nitrogens with one attached hydrogen (secondary N) is 1. The van der Waals surface area contributed by atoms with Gasteiger partial charge < -0.3 is 9.88 Å². The summed E-state index contributed by atoms with van der Waals surface area (Å²) in [6, 6.07) is 7.85. The summed E-state index contributed by atoms with van der Waals surface area (Å²) in [6.45, 7) is 4.98. The molecule has 1 saturated heterocycles. The van der Waals surface area contributed by atoms with Crippen molar-refractivity contribution in [3.8, 4) is 11.3 Å². The molecule has 1 amide bonds. The number of aromatic nitrogens is 5. The fourth-order valence-electron chi connectivity index (χ4n) is 4.90. The summed E-state index contributed by atoms with van der Waals surface area (Å²) < 4.78 is 15.5. The largest absolute Gasteiger partial charge is 0.345 e. The number of rotatable bonds is 5. The second-order valence-electron chi connectivity index (χ2n) is 9.63. The number of imidazole rings is 1. The number of alkyl halides is 1. The first-order chi connectivity index (χ1) is 15.8. The van der Waals surface area contributed by atoms with Crippen molar-refractivity contribution < 1.29 is 9.18 Å². The third-order valence-electron chi connectivity index (χ3n) is 6.85. The highest BCUT2D eigenvalue weighted by Crippen LogP contribution is 2.54. The molecule has 1 aliphatic carbocycles. The Hall–Kier alpha value is -3.55. The van der Waals surface area contributed by atoms with E-state index in [1.54, 1.807) is 18.7 Å². The number of amides is 1. The number of hydrogen-bond acceptors (Lipinski definition) is 4. The Morgan fingerprint density at radius 2 is 1.97 bits per heavy atom. The fraction of sp³-hybridized carbons (Fsp3) is 0.360. The lowest BCUT2D eigenvalue weighted by molar-refractivity contribution is -0.131. The Balaban J connectivity index is 1.37. The molecule has 0 radical (unpaired) electrons. The lowest BCUT2D eigenvalue weighted by atomic mass is 9.77. The molecule has 1 aromatic carbocycles. The number of carbonyl (C=O) groups is 1. The Morgan fingerprint density at radius 3 is 2.67 bits per heavy atom.